The minimum atomic E-state index is -0.208. The van der Waals surface area contributed by atoms with Crippen molar-refractivity contribution in [3.8, 4) is 11.4 Å². The van der Waals surface area contributed by atoms with Crippen LogP contribution < -0.4 is 10.6 Å². The average Bonchev–Trinajstić information content (AvgIpc) is 3.07. The molecule has 0 aromatic carbocycles. The van der Waals surface area contributed by atoms with E-state index in [0.717, 1.165) is 29.7 Å². The maximum absolute atomic E-state index is 12.0. The van der Waals surface area contributed by atoms with Gasteiger partial charge in [-0.1, -0.05) is 0 Å². The Morgan fingerprint density at radius 2 is 2.07 bits per heavy atom. The molecule has 146 valence electrons. The number of hydrogen-bond donors (Lipinski definition) is 1. The zero-order valence-electron chi connectivity index (χ0n) is 16.2. The molecule has 3 aromatic heterocycles. The van der Waals surface area contributed by atoms with E-state index in [1.54, 1.807) is 0 Å². The van der Waals surface area contributed by atoms with Gasteiger partial charge in [0.2, 0.25) is 11.9 Å². The van der Waals surface area contributed by atoms with Crippen LogP contribution in [0.2, 0.25) is 0 Å². The van der Waals surface area contributed by atoms with E-state index in [0.29, 0.717) is 18.3 Å². The number of rotatable bonds is 3. The normalized spacial score (nSPS) is 19.8. The lowest BCUT2D eigenvalue weighted by atomic mass is 9.94. The highest BCUT2D eigenvalue weighted by Crippen LogP contribution is 2.28. The molecule has 1 unspecified atom stereocenters. The number of nitrogens with two attached hydrogens (primary N) is 1. The van der Waals surface area contributed by atoms with E-state index < -0.39 is 0 Å². The molecule has 0 aliphatic carbocycles. The first-order valence-corrected chi connectivity index (χ1v) is 9.26. The molecule has 2 N–H and O–H groups in total. The molecule has 3 aromatic rings. The SMILES string of the molecule is COC(=O)[C@H]1CCC(C)N(c2nc(N)nc(-c3ccc4cnc(C)n4c3)n2)C1. The number of pyridine rings is 1. The van der Waals surface area contributed by atoms with Crippen molar-refractivity contribution >= 4 is 23.4 Å². The minimum Gasteiger partial charge on any atom is -0.469 e. The van der Waals surface area contributed by atoms with E-state index in [2.05, 4.69) is 26.9 Å². The highest BCUT2D eigenvalue weighted by Gasteiger charge is 2.32. The van der Waals surface area contributed by atoms with Gasteiger partial charge in [0.15, 0.2) is 5.82 Å². The van der Waals surface area contributed by atoms with Gasteiger partial charge in [0.05, 0.1) is 24.7 Å². The molecule has 0 radical (unpaired) electrons. The van der Waals surface area contributed by atoms with Crippen LogP contribution in [0.4, 0.5) is 11.9 Å². The quantitative estimate of drug-likeness (QED) is 0.684. The van der Waals surface area contributed by atoms with E-state index in [1.807, 2.05) is 40.8 Å². The van der Waals surface area contributed by atoms with Crippen LogP contribution in [0.1, 0.15) is 25.6 Å². The van der Waals surface area contributed by atoms with Gasteiger partial charge < -0.3 is 19.8 Å². The van der Waals surface area contributed by atoms with Crippen molar-refractivity contribution in [2.75, 3.05) is 24.3 Å². The molecule has 2 atom stereocenters. The number of methoxy groups -OCH3 is 1. The van der Waals surface area contributed by atoms with Crippen molar-refractivity contribution in [1.29, 1.82) is 0 Å². The van der Waals surface area contributed by atoms with Crippen LogP contribution >= 0.6 is 0 Å². The maximum atomic E-state index is 12.0. The molecule has 1 fully saturated rings. The molecule has 4 heterocycles. The summed E-state index contributed by atoms with van der Waals surface area (Å²) in [7, 11) is 1.41. The molecule has 4 rings (SSSR count). The van der Waals surface area contributed by atoms with Crippen LogP contribution in [0.15, 0.2) is 24.5 Å². The van der Waals surface area contributed by atoms with Gasteiger partial charge >= 0.3 is 5.97 Å². The summed E-state index contributed by atoms with van der Waals surface area (Å²) >= 11 is 0. The summed E-state index contributed by atoms with van der Waals surface area (Å²) in [5.41, 5.74) is 7.80. The molecule has 9 heteroatoms. The number of imidazole rings is 1. The first-order valence-electron chi connectivity index (χ1n) is 9.26. The highest BCUT2D eigenvalue weighted by atomic mass is 16.5. The fourth-order valence-electron chi connectivity index (χ4n) is 3.63. The predicted octanol–water partition coefficient (Wildman–Crippen LogP) is 1.85. The maximum Gasteiger partial charge on any atom is 0.310 e. The number of anilines is 2. The smallest absolute Gasteiger partial charge is 0.310 e. The average molecular weight is 381 g/mol. The Morgan fingerprint density at radius 1 is 1.25 bits per heavy atom. The molecule has 1 saturated heterocycles. The van der Waals surface area contributed by atoms with E-state index in [-0.39, 0.29) is 23.9 Å². The number of carbonyl (C=O) groups is 1. The summed E-state index contributed by atoms with van der Waals surface area (Å²) in [6.45, 7) is 4.52. The van der Waals surface area contributed by atoms with Gasteiger partial charge in [0.1, 0.15) is 5.82 Å². The number of esters is 1. The monoisotopic (exact) mass is 381 g/mol. The summed E-state index contributed by atoms with van der Waals surface area (Å²) in [5.74, 6) is 1.59. The zero-order chi connectivity index (χ0) is 19.8. The number of aromatic nitrogens is 5. The van der Waals surface area contributed by atoms with Gasteiger partial charge in [-0.2, -0.15) is 15.0 Å². The first-order chi connectivity index (χ1) is 13.5. The number of nitrogen functional groups attached to an aromatic ring is 1. The number of carbonyl (C=O) groups excluding carboxylic acids is 1. The topological polar surface area (TPSA) is 112 Å². The van der Waals surface area contributed by atoms with Crippen LogP contribution in [-0.2, 0) is 9.53 Å². The minimum absolute atomic E-state index is 0.148. The fraction of sp³-hybridized carbons (Fsp3) is 0.421. The van der Waals surface area contributed by atoms with E-state index in [4.69, 9.17) is 10.5 Å². The van der Waals surface area contributed by atoms with E-state index >= 15 is 0 Å². The Labute approximate surface area is 162 Å². The third-order valence-electron chi connectivity index (χ3n) is 5.28. The Morgan fingerprint density at radius 3 is 2.86 bits per heavy atom. The van der Waals surface area contributed by atoms with Crippen molar-refractivity contribution in [3.63, 3.8) is 0 Å². The molecule has 9 nitrogen and oxygen atoms in total. The predicted molar refractivity (Wildman–Crippen MR) is 105 cm³/mol. The lowest BCUT2D eigenvalue weighted by Gasteiger charge is -2.36. The Balaban J connectivity index is 1.71. The Hall–Kier alpha value is -3.23. The van der Waals surface area contributed by atoms with Crippen molar-refractivity contribution in [1.82, 2.24) is 24.3 Å². The second kappa shape index (κ2) is 7.06. The molecular weight excluding hydrogens is 358 g/mol. The molecule has 0 spiro atoms. The van der Waals surface area contributed by atoms with Crippen molar-refractivity contribution in [3.05, 3.63) is 30.4 Å². The number of fused-ring (bicyclic) bond motifs is 1. The first kappa shape index (κ1) is 18.1. The van der Waals surface area contributed by atoms with Crippen molar-refractivity contribution in [2.24, 2.45) is 5.92 Å². The fourth-order valence-corrected chi connectivity index (χ4v) is 3.63. The van der Waals surface area contributed by atoms with Gasteiger partial charge in [-0.15, -0.1) is 0 Å². The molecule has 28 heavy (non-hydrogen) atoms. The van der Waals surface area contributed by atoms with Crippen LogP contribution in [0.25, 0.3) is 16.9 Å². The summed E-state index contributed by atoms with van der Waals surface area (Å²) in [5, 5.41) is 0. The number of nitrogens with zero attached hydrogens (tertiary/aromatic N) is 6. The van der Waals surface area contributed by atoms with E-state index in [9.17, 15) is 4.79 Å². The molecule has 0 amide bonds. The largest absolute Gasteiger partial charge is 0.469 e. The van der Waals surface area contributed by atoms with Crippen molar-refractivity contribution in [2.45, 2.75) is 32.7 Å². The molecule has 1 aliphatic heterocycles. The number of hydrogen-bond acceptors (Lipinski definition) is 8. The summed E-state index contributed by atoms with van der Waals surface area (Å²) < 4.78 is 6.90. The number of aryl methyl sites for hydroxylation is 1. The summed E-state index contributed by atoms with van der Waals surface area (Å²) in [6.07, 6.45) is 5.39. The van der Waals surface area contributed by atoms with Crippen LogP contribution in [0.5, 0.6) is 0 Å². The van der Waals surface area contributed by atoms with Gasteiger partial charge in [0, 0.05) is 24.3 Å². The van der Waals surface area contributed by atoms with Gasteiger partial charge in [-0.3, -0.25) is 4.79 Å². The van der Waals surface area contributed by atoms with Crippen molar-refractivity contribution < 1.29 is 9.53 Å². The molecule has 1 aliphatic rings. The van der Waals surface area contributed by atoms with Gasteiger partial charge in [0.25, 0.3) is 0 Å². The number of piperidine rings is 1. The number of ether oxygens (including phenoxy) is 1. The standard InChI is InChI=1S/C19H23N7O2/c1-11-4-5-14(17(27)28-3)10-25(11)19-23-16(22-18(20)24-19)13-6-7-15-8-21-12(2)26(15)9-13/h6-9,11,14H,4-5,10H2,1-3H3,(H2,20,22,23,24)/t11?,14-/m0/s1. The lowest BCUT2D eigenvalue weighted by Crippen LogP contribution is -2.45. The van der Waals surface area contributed by atoms with Gasteiger partial charge in [-0.25, -0.2) is 4.98 Å². The second-order valence-electron chi connectivity index (χ2n) is 7.13. The second-order valence-corrected chi connectivity index (χ2v) is 7.13. The van der Waals surface area contributed by atoms with Crippen LogP contribution in [0.3, 0.4) is 0 Å². The van der Waals surface area contributed by atoms with E-state index in [1.165, 1.54) is 7.11 Å². The van der Waals surface area contributed by atoms with Crippen LogP contribution in [-0.4, -0.2) is 50.0 Å². The zero-order valence-corrected chi connectivity index (χ0v) is 16.2. The van der Waals surface area contributed by atoms with Crippen LogP contribution in [0, 0.1) is 12.8 Å². The summed E-state index contributed by atoms with van der Waals surface area (Å²) in [6, 6.07) is 4.09. The lowest BCUT2D eigenvalue weighted by molar-refractivity contribution is -0.145. The third kappa shape index (κ3) is 3.23. The molecule has 0 bridgehead atoms. The Bertz CT molecular complexity index is 1030. The highest BCUT2D eigenvalue weighted by molar-refractivity contribution is 5.73. The molecule has 0 saturated carbocycles. The molecular formula is C19H23N7O2. The Kier molecular flexibility index (Phi) is 4.58. The third-order valence-corrected chi connectivity index (χ3v) is 5.28. The summed E-state index contributed by atoms with van der Waals surface area (Å²) in [4.78, 5) is 31.6. The van der Waals surface area contributed by atoms with Gasteiger partial charge in [-0.05, 0) is 38.8 Å².